The van der Waals surface area contributed by atoms with Gasteiger partial charge in [-0.2, -0.15) is 0 Å². The van der Waals surface area contributed by atoms with Crippen LogP contribution in [0.3, 0.4) is 0 Å². The minimum absolute atomic E-state index is 0. The third-order valence-electron chi connectivity index (χ3n) is 4.02. The van der Waals surface area contributed by atoms with E-state index >= 15 is 0 Å². The number of amides is 1. The van der Waals surface area contributed by atoms with E-state index in [1.165, 1.54) is 5.56 Å². The van der Waals surface area contributed by atoms with Gasteiger partial charge in [0.1, 0.15) is 5.82 Å². The van der Waals surface area contributed by atoms with Crippen LogP contribution in [0.2, 0.25) is 0 Å². The maximum atomic E-state index is 12.8. The summed E-state index contributed by atoms with van der Waals surface area (Å²) in [6.07, 6.45) is 2.60. The number of pyridine rings is 1. The Morgan fingerprint density at radius 2 is 1.81 bits per heavy atom. The fraction of sp³-hybridized carbons (Fsp3) is 0.278. The van der Waals surface area contributed by atoms with Gasteiger partial charge in [0.2, 0.25) is 0 Å². The number of fused-ring (bicyclic) bond motifs is 1. The van der Waals surface area contributed by atoms with E-state index in [0.29, 0.717) is 25.2 Å². The molecule has 1 amide bonds. The van der Waals surface area contributed by atoms with Gasteiger partial charge in [0, 0.05) is 25.8 Å². The lowest BCUT2D eigenvalue weighted by Crippen LogP contribution is -2.37. The number of nitrogens with two attached hydrogens (primary N) is 1. The summed E-state index contributed by atoms with van der Waals surface area (Å²) in [5.74, 6) is 0.737. The lowest BCUT2D eigenvalue weighted by Gasteiger charge is -2.22. The Hall–Kier alpha value is -2.15. The Labute approximate surface area is 165 Å². The molecule has 2 N–H and O–H groups in total. The zero-order valence-electron chi connectivity index (χ0n) is 14.5. The largest absolute Gasteiger partial charge is 0.337 e. The first kappa shape index (κ1) is 21.9. The summed E-state index contributed by atoms with van der Waals surface area (Å²) >= 11 is 0. The molecule has 1 aromatic carbocycles. The van der Waals surface area contributed by atoms with Gasteiger partial charge < -0.3 is 10.6 Å². The molecule has 0 fully saturated rings. The Kier molecular flexibility index (Phi) is 8.51. The van der Waals surface area contributed by atoms with Gasteiger partial charge in [-0.25, -0.2) is 0 Å². The molecule has 0 aliphatic rings. The van der Waals surface area contributed by atoms with Crippen LogP contribution in [-0.4, -0.2) is 45.0 Å². The molecule has 0 radical (unpaired) electrons. The monoisotopic (exact) mass is 395 g/mol. The van der Waals surface area contributed by atoms with E-state index in [9.17, 15) is 4.79 Å². The molecule has 0 aliphatic heterocycles. The van der Waals surface area contributed by atoms with Gasteiger partial charge in [-0.15, -0.1) is 35.0 Å². The van der Waals surface area contributed by atoms with Crippen LogP contribution in [0.1, 0.15) is 21.7 Å². The highest BCUT2D eigenvalue weighted by atomic mass is 35.5. The summed E-state index contributed by atoms with van der Waals surface area (Å²) in [5.41, 5.74) is 8.25. The normalized spacial score (nSPS) is 10.1. The molecule has 0 unspecified atom stereocenters. The zero-order chi connectivity index (χ0) is 16.9. The van der Waals surface area contributed by atoms with Gasteiger partial charge >= 0.3 is 0 Å². The van der Waals surface area contributed by atoms with Crippen molar-refractivity contribution in [3.8, 4) is 0 Å². The van der Waals surface area contributed by atoms with Gasteiger partial charge in [0.05, 0.1) is 5.56 Å². The summed E-state index contributed by atoms with van der Waals surface area (Å²) in [6, 6.07) is 13.7. The van der Waals surface area contributed by atoms with Crippen LogP contribution in [0.25, 0.3) is 5.65 Å². The number of benzene rings is 1. The van der Waals surface area contributed by atoms with Crippen molar-refractivity contribution in [1.82, 2.24) is 19.5 Å². The second kappa shape index (κ2) is 10.1. The topological polar surface area (TPSA) is 76.5 Å². The molecular weight excluding hydrogens is 373 g/mol. The quantitative estimate of drug-likeness (QED) is 0.695. The summed E-state index contributed by atoms with van der Waals surface area (Å²) in [4.78, 5) is 14.6. The number of carbonyl (C=O) groups excluding carboxylic acids is 1. The number of hydrogen-bond donors (Lipinski definition) is 1. The SMILES string of the molecule is Cc1nnc2ccc(C(=O)N(CCN)CCc3ccccc3)cn12.Cl.Cl. The predicted octanol–water partition coefficient (Wildman–Crippen LogP) is 2.52. The number of nitrogens with zero attached hydrogens (tertiary/aromatic N) is 4. The molecule has 0 saturated heterocycles. The molecule has 140 valence electrons. The Balaban J connectivity index is 0.00000169. The average Bonchev–Trinajstić information content (AvgIpc) is 2.99. The number of halogens is 2. The Morgan fingerprint density at radius 1 is 1.08 bits per heavy atom. The molecular formula is C18H23Cl2N5O. The van der Waals surface area contributed by atoms with Crippen molar-refractivity contribution in [2.24, 2.45) is 5.73 Å². The lowest BCUT2D eigenvalue weighted by atomic mass is 10.1. The fourth-order valence-electron chi connectivity index (χ4n) is 2.69. The molecule has 0 bridgehead atoms. The number of rotatable bonds is 6. The summed E-state index contributed by atoms with van der Waals surface area (Å²) < 4.78 is 1.82. The molecule has 3 aromatic rings. The van der Waals surface area contributed by atoms with E-state index in [1.807, 2.05) is 35.6 Å². The third kappa shape index (κ3) is 4.94. The zero-order valence-corrected chi connectivity index (χ0v) is 16.2. The van der Waals surface area contributed by atoms with Crippen molar-refractivity contribution >= 4 is 36.4 Å². The van der Waals surface area contributed by atoms with Gasteiger partial charge in [-0.3, -0.25) is 9.20 Å². The number of aryl methyl sites for hydroxylation is 1. The highest BCUT2D eigenvalue weighted by Crippen LogP contribution is 2.10. The first-order valence-electron chi connectivity index (χ1n) is 8.03. The summed E-state index contributed by atoms with van der Waals surface area (Å²) in [6.45, 7) is 3.47. The van der Waals surface area contributed by atoms with E-state index in [-0.39, 0.29) is 30.7 Å². The van der Waals surface area contributed by atoms with Crippen LogP contribution >= 0.6 is 24.8 Å². The summed E-state index contributed by atoms with van der Waals surface area (Å²) in [7, 11) is 0. The second-order valence-corrected chi connectivity index (χ2v) is 5.71. The highest BCUT2D eigenvalue weighted by Gasteiger charge is 2.16. The van der Waals surface area contributed by atoms with Crippen molar-refractivity contribution in [1.29, 1.82) is 0 Å². The fourth-order valence-corrected chi connectivity index (χ4v) is 2.69. The molecule has 0 spiro atoms. The molecule has 0 atom stereocenters. The molecule has 6 nitrogen and oxygen atoms in total. The lowest BCUT2D eigenvalue weighted by molar-refractivity contribution is 0.0761. The third-order valence-corrected chi connectivity index (χ3v) is 4.02. The standard InChI is InChI=1S/C18H21N5O.2ClH/c1-14-20-21-17-8-7-16(13-23(14)17)18(24)22(12-10-19)11-9-15-5-3-2-4-6-15;;/h2-8,13H,9-12,19H2,1H3;2*1H. The molecule has 2 heterocycles. The molecule has 0 saturated carbocycles. The maximum absolute atomic E-state index is 12.8. The molecule has 3 rings (SSSR count). The van der Waals surface area contributed by atoms with Crippen molar-refractivity contribution in [2.75, 3.05) is 19.6 Å². The van der Waals surface area contributed by atoms with Crippen LogP contribution in [0.4, 0.5) is 0 Å². The molecule has 26 heavy (non-hydrogen) atoms. The van der Waals surface area contributed by atoms with Crippen LogP contribution in [-0.2, 0) is 6.42 Å². The molecule has 8 heteroatoms. The molecule has 0 aliphatic carbocycles. The minimum Gasteiger partial charge on any atom is -0.337 e. The molecule has 2 aromatic heterocycles. The maximum Gasteiger partial charge on any atom is 0.255 e. The van der Waals surface area contributed by atoms with E-state index in [1.54, 1.807) is 17.2 Å². The Morgan fingerprint density at radius 3 is 2.50 bits per heavy atom. The average molecular weight is 396 g/mol. The predicted molar refractivity (Wildman–Crippen MR) is 107 cm³/mol. The van der Waals surface area contributed by atoms with Gasteiger partial charge in [-0.05, 0) is 31.0 Å². The van der Waals surface area contributed by atoms with Gasteiger partial charge in [-0.1, -0.05) is 30.3 Å². The van der Waals surface area contributed by atoms with Crippen molar-refractivity contribution in [3.05, 3.63) is 65.6 Å². The minimum atomic E-state index is -0.0219. The van der Waals surface area contributed by atoms with Crippen molar-refractivity contribution < 1.29 is 4.79 Å². The first-order chi connectivity index (χ1) is 11.7. The highest BCUT2D eigenvalue weighted by molar-refractivity contribution is 5.94. The van der Waals surface area contributed by atoms with Gasteiger partial charge in [0.15, 0.2) is 5.65 Å². The van der Waals surface area contributed by atoms with Crippen LogP contribution in [0.5, 0.6) is 0 Å². The second-order valence-electron chi connectivity index (χ2n) is 5.71. The number of aromatic nitrogens is 3. The first-order valence-corrected chi connectivity index (χ1v) is 8.03. The van der Waals surface area contributed by atoms with Crippen LogP contribution in [0, 0.1) is 6.92 Å². The van der Waals surface area contributed by atoms with Gasteiger partial charge in [0.25, 0.3) is 5.91 Å². The van der Waals surface area contributed by atoms with E-state index < -0.39 is 0 Å². The van der Waals surface area contributed by atoms with E-state index in [0.717, 1.165) is 17.9 Å². The van der Waals surface area contributed by atoms with E-state index in [4.69, 9.17) is 5.73 Å². The number of hydrogen-bond acceptors (Lipinski definition) is 4. The van der Waals surface area contributed by atoms with Crippen LogP contribution in [0.15, 0.2) is 48.7 Å². The summed E-state index contributed by atoms with van der Waals surface area (Å²) in [5, 5.41) is 8.07. The van der Waals surface area contributed by atoms with Crippen LogP contribution < -0.4 is 5.73 Å². The Bertz CT molecular complexity index is 838. The van der Waals surface area contributed by atoms with Crippen molar-refractivity contribution in [3.63, 3.8) is 0 Å². The van der Waals surface area contributed by atoms with E-state index in [2.05, 4.69) is 22.3 Å². The van der Waals surface area contributed by atoms with Crippen molar-refractivity contribution in [2.45, 2.75) is 13.3 Å². The number of carbonyl (C=O) groups is 1. The smallest absolute Gasteiger partial charge is 0.255 e.